The molecule has 0 aromatic heterocycles. The van der Waals surface area contributed by atoms with E-state index < -0.39 is 28.0 Å². The van der Waals surface area contributed by atoms with E-state index in [1.807, 2.05) is 6.07 Å². The number of carboxylic acids is 1. The first-order valence-electron chi connectivity index (χ1n) is 8.32. The Balaban J connectivity index is 1.97. The van der Waals surface area contributed by atoms with Gasteiger partial charge in [0.1, 0.15) is 0 Å². The number of rotatable bonds is 7. The summed E-state index contributed by atoms with van der Waals surface area (Å²) < 4.78 is 26.6. The number of carbonyl (C=O) groups is 2. The maximum absolute atomic E-state index is 12.6. The van der Waals surface area contributed by atoms with Gasteiger partial charge in [-0.3, -0.25) is 9.59 Å². The summed E-state index contributed by atoms with van der Waals surface area (Å²) in [6.45, 7) is 2.17. The van der Waals surface area contributed by atoms with Crippen molar-refractivity contribution in [2.45, 2.75) is 38.0 Å². The van der Waals surface area contributed by atoms with Gasteiger partial charge in [-0.05, 0) is 25.3 Å². The van der Waals surface area contributed by atoms with Crippen molar-refractivity contribution in [3.8, 4) is 0 Å². The monoisotopic (exact) mass is 368 g/mol. The van der Waals surface area contributed by atoms with Crippen LogP contribution in [0.4, 0.5) is 0 Å². The average molecular weight is 368 g/mol. The lowest BCUT2D eigenvalue weighted by atomic mass is 9.98. The lowest BCUT2D eigenvalue weighted by Crippen LogP contribution is -2.47. The summed E-state index contributed by atoms with van der Waals surface area (Å²) in [5, 5.41) is 11.4. The Morgan fingerprint density at radius 1 is 1.32 bits per heavy atom. The Kier molecular flexibility index (Phi) is 6.55. The molecule has 0 radical (unpaired) electrons. The molecule has 1 aliphatic rings. The van der Waals surface area contributed by atoms with Crippen molar-refractivity contribution >= 4 is 21.9 Å². The van der Waals surface area contributed by atoms with Crippen molar-refractivity contribution in [2.24, 2.45) is 5.92 Å². The maximum atomic E-state index is 12.6. The predicted molar refractivity (Wildman–Crippen MR) is 93.2 cm³/mol. The van der Waals surface area contributed by atoms with Crippen molar-refractivity contribution in [1.82, 2.24) is 9.62 Å². The Bertz CT molecular complexity index is 705. The second-order valence-corrected chi connectivity index (χ2v) is 8.42. The zero-order chi connectivity index (χ0) is 18.4. The Morgan fingerprint density at radius 2 is 2.00 bits per heavy atom. The van der Waals surface area contributed by atoms with E-state index >= 15 is 0 Å². The zero-order valence-electron chi connectivity index (χ0n) is 14.2. The molecule has 2 N–H and O–H groups in total. The average Bonchev–Trinajstić information content (AvgIpc) is 2.54. The van der Waals surface area contributed by atoms with Crippen molar-refractivity contribution < 1.29 is 23.1 Å². The zero-order valence-corrected chi connectivity index (χ0v) is 15.0. The molecule has 1 amide bonds. The molecule has 1 aromatic rings. The molecule has 138 valence electrons. The number of hydrogen-bond acceptors (Lipinski definition) is 4. The summed E-state index contributed by atoms with van der Waals surface area (Å²) in [6, 6.07) is 8.46. The molecule has 25 heavy (non-hydrogen) atoms. The summed E-state index contributed by atoms with van der Waals surface area (Å²) >= 11 is 0. The van der Waals surface area contributed by atoms with Crippen LogP contribution in [0.2, 0.25) is 0 Å². The van der Waals surface area contributed by atoms with Crippen LogP contribution in [-0.4, -0.2) is 48.8 Å². The highest BCUT2D eigenvalue weighted by atomic mass is 32.2. The molecule has 1 aliphatic heterocycles. The predicted octanol–water partition coefficient (Wildman–Crippen LogP) is 1.21. The molecule has 0 saturated carbocycles. The minimum Gasteiger partial charge on any atom is -0.481 e. The van der Waals surface area contributed by atoms with Gasteiger partial charge >= 0.3 is 5.97 Å². The molecule has 8 heteroatoms. The summed E-state index contributed by atoms with van der Waals surface area (Å²) in [4.78, 5) is 23.0. The first-order valence-corrected chi connectivity index (χ1v) is 9.93. The quantitative estimate of drug-likeness (QED) is 0.753. The van der Waals surface area contributed by atoms with Crippen LogP contribution in [0.1, 0.15) is 31.7 Å². The van der Waals surface area contributed by atoms with Crippen LogP contribution in [0.5, 0.6) is 0 Å². The van der Waals surface area contributed by atoms with Gasteiger partial charge in [0, 0.05) is 19.1 Å². The van der Waals surface area contributed by atoms with Gasteiger partial charge in [-0.25, -0.2) is 12.7 Å². The van der Waals surface area contributed by atoms with Gasteiger partial charge in [0.2, 0.25) is 15.9 Å². The van der Waals surface area contributed by atoms with E-state index in [9.17, 15) is 18.0 Å². The van der Waals surface area contributed by atoms with Crippen LogP contribution >= 0.6 is 0 Å². The van der Waals surface area contributed by atoms with Gasteiger partial charge in [-0.15, -0.1) is 0 Å². The number of carbonyl (C=O) groups excluding carboxylic acids is 1. The van der Waals surface area contributed by atoms with Crippen molar-refractivity contribution in [2.75, 3.05) is 13.1 Å². The highest BCUT2D eigenvalue weighted by Crippen LogP contribution is 2.22. The summed E-state index contributed by atoms with van der Waals surface area (Å²) in [6.07, 6.45) is 1.05. The molecule has 0 aliphatic carbocycles. The molecular weight excluding hydrogens is 344 g/mol. The fraction of sp³-hybridized carbons (Fsp3) is 0.529. The number of sulfonamides is 1. The minimum atomic E-state index is -3.49. The van der Waals surface area contributed by atoms with Crippen LogP contribution in [-0.2, 0) is 25.4 Å². The summed E-state index contributed by atoms with van der Waals surface area (Å²) in [7, 11) is -3.49. The lowest BCUT2D eigenvalue weighted by Gasteiger charge is -2.31. The largest absolute Gasteiger partial charge is 0.481 e. The number of nitrogens with one attached hydrogen (secondary N) is 1. The van der Waals surface area contributed by atoms with Crippen LogP contribution in [0, 0.1) is 5.92 Å². The van der Waals surface area contributed by atoms with E-state index in [0.717, 1.165) is 0 Å². The maximum Gasteiger partial charge on any atom is 0.305 e. The third-order valence-corrected chi connectivity index (χ3v) is 6.03. The fourth-order valence-electron chi connectivity index (χ4n) is 2.96. The first kappa shape index (κ1) is 19.4. The van der Waals surface area contributed by atoms with E-state index in [1.54, 1.807) is 31.2 Å². The second-order valence-electron chi connectivity index (χ2n) is 6.45. The number of hydrogen-bond donors (Lipinski definition) is 2. The molecular formula is C17H24N2O5S. The first-order chi connectivity index (χ1) is 11.8. The number of piperidine rings is 1. The van der Waals surface area contributed by atoms with E-state index in [0.29, 0.717) is 24.9 Å². The Labute approximate surface area is 148 Å². The van der Waals surface area contributed by atoms with Gasteiger partial charge in [-0.1, -0.05) is 30.3 Å². The minimum absolute atomic E-state index is 0.0857. The van der Waals surface area contributed by atoms with Gasteiger partial charge in [-0.2, -0.15) is 0 Å². The molecule has 7 nitrogen and oxygen atoms in total. The second kappa shape index (κ2) is 8.44. The lowest BCUT2D eigenvalue weighted by molar-refractivity contribution is -0.137. The summed E-state index contributed by atoms with van der Waals surface area (Å²) in [5.41, 5.74) is 0.712. The molecule has 2 atom stereocenters. The van der Waals surface area contributed by atoms with Gasteiger partial charge in [0.25, 0.3) is 0 Å². The summed E-state index contributed by atoms with van der Waals surface area (Å²) in [5.74, 6) is -1.80. The van der Waals surface area contributed by atoms with Gasteiger partial charge < -0.3 is 10.4 Å². The van der Waals surface area contributed by atoms with Crippen molar-refractivity contribution in [3.63, 3.8) is 0 Å². The van der Waals surface area contributed by atoms with Gasteiger partial charge in [0.15, 0.2) is 0 Å². The topological polar surface area (TPSA) is 104 Å². The third kappa shape index (κ3) is 5.82. The van der Waals surface area contributed by atoms with Crippen molar-refractivity contribution in [3.05, 3.63) is 35.9 Å². The molecule has 0 spiro atoms. The molecule has 1 fully saturated rings. The molecule has 1 saturated heterocycles. The third-order valence-electron chi connectivity index (χ3n) is 4.21. The molecule has 0 bridgehead atoms. The highest BCUT2D eigenvalue weighted by Gasteiger charge is 2.32. The van der Waals surface area contributed by atoms with Crippen molar-refractivity contribution in [1.29, 1.82) is 0 Å². The van der Waals surface area contributed by atoms with Crippen LogP contribution in [0.25, 0.3) is 0 Å². The van der Waals surface area contributed by atoms with E-state index in [4.69, 9.17) is 5.11 Å². The normalized spacial score (nSPS) is 20.0. The molecule has 1 heterocycles. The smallest absolute Gasteiger partial charge is 0.305 e. The molecule has 1 aromatic carbocycles. The fourth-order valence-corrected chi connectivity index (χ4v) is 4.57. The Morgan fingerprint density at radius 3 is 2.64 bits per heavy atom. The number of benzene rings is 1. The molecule has 2 rings (SSSR count). The Hall–Kier alpha value is -1.93. The number of amides is 1. The van der Waals surface area contributed by atoms with E-state index in [-0.39, 0.29) is 24.6 Å². The molecule has 2 unspecified atom stereocenters. The standard InChI is InChI=1S/C17H24N2O5S/c1-13(10-16(20)21)18-17(22)15-8-5-9-19(11-15)25(23,24)12-14-6-3-2-4-7-14/h2-4,6-7,13,15H,5,8-12H2,1H3,(H,18,22)(H,20,21). The number of nitrogens with zero attached hydrogens (tertiary/aromatic N) is 1. The van der Waals surface area contributed by atoms with Crippen LogP contribution < -0.4 is 5.32 Å². The van der Waals surface area contributed by atoms with E-state index in [2.05, 4.69) is 5.32 Å². The van der Waals surface area contributed by atoms with Gasteiger partial charge in [0.05, 0.1) is 18.1 Å². The van der Waals surface area contributed by atoms with E-state index in [1.165, 1.54) is 4.31 Å². The van der Waals surface area contributed by atoms with Crippen LogP contribution in [0.3, 0.4) is 0 Å². The number of aliphatic carboxylic acids is 1. The number of carboxylic acid groups (broad SMARTS) is 1. The highest BCUT2D eigenvalue weighted by molar-refractivity contribution is 7.88. The van der Waals surface area contributed by atoms with Crippen LogP contribution in [0.15, 0.2) is 30.3 Å². The SMILES string of the molecule is CC(CC(=O)O)NC(=O)C1CCCN(S(=O)(=O)Cc2ccccc2)C1.